The van der Waals surface area contributed by atoms with Crippen molar-refractivity contribution in [2.75, 3.05) is 39.8 Å². The predicted octanol–water partition coefficient (Wildman–Crippen LogP) is 0.613. The molecule has 1 aromatic rings. The van der Waals surface area contributed by atoms with Crippen LogP contribution in [0, 0.1) is 0 Å². The van der Waals surface area contributed by atoms with Gasteiger partial charge in [0.15, 0.2) is 0 Å². The number of carbonyl (C=O) groups excluding carboxylic acids is 1. The Morgan fingerprint density at radius 1 is 1.33 bits per heavy atom. The Morgan fingerprint density at radius 3 is 2.90 bits per heavy atom. The van der Waals surface area contributed by atoms with Crippen LogP contribution in [0.15, 0.2) is 30.3 Å². The highest BCUT2D eigenvalue weighted by Gasteiger charge is 2.26. The number of amides is 1. The largest absolute Gasteiger partial charge is 0.366 e. The third kappa shape index (κ3) is 5.46. The predicted molar refractivity (Wildman–Crippen MR) is 83.0 cm³/mol. The Labute approximate surface area is 126 Å². The van der Waals surface area contributed by atoms with Crippen LogP contribution in [-0.4, -0.2) is 56.7 Å². The van der Waals surface area contributed by atoms with E-state index in [1.807, 2.05) is 25.2 Å². The minimum absolute atomic E-state index is 0.00358. The molecule has 5 nitrogen and oxygen atoms in total. The van der Waals surface area contributed by atoms with Crippen molar-refractivity contribution in [1.29, 1.82) is 0 Å². The first-order valence-electron chi connectivity index (χ1n) is 7.60. The van der Waals surface area contributed by atoms with E-state index in [4.69, 9.17) is 4.74 Å². The lowest BCUT2D eigenvalue weighted by Crippen LogP contribution is -2.49. The summed E-state index contributed by atoms with van der Waals surface area (Å²) >= 11 is 0. The normalized spacial score (nSPS) is 19.4. The van der Waals surface area contributed by atoms with Crippen molar-refractivity contribution in [2.24, 2.45) is 0 Å². The first-order chi connectivity index (χ1) is 10.3. The highest BCUT2D eigenvalue weighted by Crippen LogP contribution is 2.10. The van der Waals surface area contributed by atoms with E-state index < -0.39 is 0 Å². The summed E-state index contributed by atoms with van der Waals surface area (Å²) in [6, 6.07) is 10.3. The lowest BCUT2D eigenvalue weighted by molar-refractivity contribution is -0.138. The van der Waals surface area contributed by atoms with Crippen molar-refractivity contribution < 1.29 is 9.53 Å². The molecule has 2 rings (SSSR count). The molecule has 0 saturated carbocycles. The van der Waals surface area contributed by atoms with E-state index in [1.54, 1.807) is 0 Å². The third-order valence-electron chi connectivity index (χ3n) is 3.59. The van der Waals surface area contributed by atoms with Crippen LogP contribution in [0.2, 0.25) is 0 Å². The average Bonchev–Trinajstić information content (AvgIpc) is 2.53. The van der Waals surface area contributed by atoms with Gasteiger partial charge in [0.2, 0.25) is 5.91 Å². The van der Waals surface area contributed by atoms with Gasteiger partial charge >= 0.3 is 0 Å². The maximum atomic E-state index is 12.1. The zero-order valence-electron chi connectivity index (χ0n) is 12.7. The summed E-state index contributed by atoms with van der Waals surface area (Å²) in [7, 11) is 1.91. The maximum absolute atomic E-state index is 12.1. The van der Waals surface area contributed by atoms with Crippen molar-refractivity contribution in [2.45, 2.75) is 19.1 Å². The van der Waals surface area contributed by atoms with Gasteiger partial charge in [-0.3, -0.25) is 9.69 Å². The summed E-state index contributed by atoms with van der Waals surface area (Å²) in [5.74, 6) is 0.00358. The van der Waals surface area contributed by atoms with E-state index in [0.29, 0.717) is 19.7 Å². The van der Waals surface area contributed by atoms with Gasteiger partial charge in [-0.1, -0.05) is 30.3 Å². The molecule has 5 heteroatoms. The molecule has 1 heterocycles. The fourth-order valence-electron chi connectivity index (χ4n) is 2.44. The smallest absolute Gasteiger partial charge is 0.250 e. The summed E-state index contributed by atoms with van der Waals surface area (Å²) < 4.78 is 5.60. The lowest BCUT2D eigenvalue weighted by Gasteiger charge is -2.32. The van der Waals surface area contributed by atoms with Crippen LogP contribution in [0.3, 0.4) is 0 Å². The van der Waals surface area contributed by atoms with Crippen LogP contribution >= 0.6 is 0 Å². The van der Waals surface area contributed by atoms with E-state index in [0.717, 1.165) is 26.1 Å². The Morgan fingerprint density at radius 2 is 2.14 bits per heavy atom. The number of hydrogen-bond acceptors (Lipinski definition) is 4. The van der Waals surface area contributed by atoms with Crippen molar-refractivity contribution in [3.05, 3.63) is 35.9 Å². The van der Waals surface area contributed by atoms with Gasteiger partial charge in [0.05, 0.1) is 6.61 Å². The van der Waals surface area contributed by atoms with Crippen molar-refractivity contribution in [3.8, 4) is 0 Å². The molecule has 1 aliphatic rings. The Balaban J connectivity index is 1.76. The summed E-state index contributed by atoms with van der Waals surface area (Å²) in [5, 5.41) is 6.01. The molecular formula is C16H25N3O2. The second-order valence-electron chi connectivity index (χ2n) is 5.33. The second-order valence-corrected chi connectivity index (χ2v) is 5.33. The van der Waals surface area contributed by atoms with E-state index in [9.17, 15) is 4.79 Å². The van der Waals surface area contributed by atoms with Crippen molar-refractivity contribution >= 4 is 5.91 Å². The first-order valence-corrected chi connectivity index (χ1v) is 7.60. The van der Waals surface area contributed by atoms with Gasteiger partial charge in [-0.15, -0.1) is 0 Å². The van der Waals surface area contributed by atoms with Gasteiger partial charge in [-0.25, -0.2) is 0 Å². The number of nitrogens with zero attached hydrogens (tertiary/aromatic N) is 1. The molecule has 21 heavy (non-hydrogen) atoms. The molecule has 1 fully saturated rings. The molecule has 1 aliphatic heterocycles. The molecular weight excluding hydrogens is 266 g/mol. The van der Waals surface area contributed by atoms with Crippen molar-refractivity contribution in [3.63, 3.8) is 0 Å². The number of morpholine rings is 1. The molecule has 0 aliphatic carbocycles. The van der Waals surface area contributed by atoms with E-state index in [2.05, 4.69) is 27.7 Å². The van der Waals surface area contributed by atoms with Crippen molar-refractivity contribution in [1.82, 2.24) is 15.5 Å². The monoisotopic (exact) mass is 291 g/mol. The third-order valence-corrected chi connectivity index (χ3v) is 3.59. The average molecular weight is 291 g/mol. The van der Waals surface area contributed by atoms with Crippen LogP contribution in [0.5, 0.6) is 0 Å². The van der Waals surface area contributed by atoms with Gasteiger partial charge in [0.25, 0.3) is 0 Å². The minimum Gasteiger partial charge on any atom is -0.366 e. The second kappa shape index (κ2) is 8.77. The highest BCUT2D eigenvalue weighted by molar-refractivity contribution is 5.81. The van der Waals surface area contributed by atoms with Gasteiger partial charge < -0.3 is 15.4 Å². The fourth-order valence-corrected chi connectivity index (χ4v) is 2.44. The highest BCUT2D eigenvalue weighted by atomic mass is 16.5. The zero-order chi connectivity index (χ0) is 14.9. The van der Waals surface area contributed by atoms with E-state index in [1.165, 1.54) is 5.56 Å². The molecule has 0 bridgehead atoms. The topological polar surface area (TPSA) is 53.6 Å². The SMILES string of the molecule is CNCCCNC(=O)C1CN(Cc2ccccc2)CCO1. The first kappa shape index (κ1) is 15.9. The maximum Gasteiger partial charge on any atom is 0.250 e. The Hall–Kier alpha value is -1.43. The molecule has 1 saturated heterocycles. The number of benzene rings is 1. The zero-order valence-corrected chi connectivity index (χ0v) is 12.7. The minimum atomic E-state index is -0.350. The van der Waals surface area contributed by atoms with Gasteiger partial charge in [-0.05, 0) is 25.6 Å². The van der Waals surface area contributed by atoms with Crippen LogP contribution in [0.4, 0.5) is 0 Å². The summed E-state index contributed by atoms with van der Waals surface area (Å²) in [4.78, 5) is 14.4. The number of nitrogens with one attached hydrogen (secondary N) is 2. The fraction of sp³-hybridized carbons (Fsp3) is 0.562. The van der Waals surface area contributed by atoms with Gasteiger partial charge in [0, 0.05) is 26.2 Å². The lowest BCUT2D eigenvalue weighted by atomic mass is 10.2. The van der Waals surface area contributed by atoms with E-state index >= 15 is 0 Å². The summed E-state index contributed by atoms with van der Waals surface area (Å²) in [6.45, 7) is 4.62. The molecule has 0 radical (unpaired) electrons. The number of rotatable bonds is 7. The van der Waals surface area contributed by atoms with Crippen LogP contribution < -0.4 is 10.6 Å². The Kier molecular flexibility index (Phi) is 6.66. The molecule has 0 aromatic heterocycles. The quantitative estimate of drug-likeness (QED) is 0.723. The number of carbonyl (C=O) groups is 1. The summed E-state index contributed by atoms with van der Waals surface area (Å²) in [6.07, 6.45) is 0.583. The number of ether oxygens (including phenoxy) is 1. The molecule has 1 amide bonds. The molecule has 1 aromatic carbocycles. The van der Waals surface area contributed by atoms with Gasteiger partial charge in [-0.2, -0.15) is 0 Å². The van der Waals surface area contributed by atoms with Crippen LogP contribution in [-0.2, 0) is 16.1 Å². The van der Waals surface area contributed by atoms with Gasteiger partial charge in [0.1, 0.15) is 6.10 Å². The molecule has 1 unspecified atom stereocenters. The Bertz CT molecular complexity index is 425. The van der Waals surface area contributed by atoms with Crippen LogP contribution in [0.25, 0.3) is 0 Å². The standard InChI is InChI=1S/C16H25N3O2/c1-17-8-5-9-18-16(20)15-13-19(10-11-21-15)12-14-6-3-2-4-7-14/h2-4,6-7,15,17H,5,8-13H2,1H3,(H,18,20). The molecule has 116 valence electrons. The van der Waals surface area contributed by atoms with Crippen LogP contribution in [0.1, 0.15) is 12.0 Å². The van der Waals surface area contributed by atoms with E-state index in [-0.39, 0.29) is 12.0 Å². The number of hydrogen-bond donors (Lipinski definition) is 2. The summed E-state index contributed by atoms with van der Waals surface area (Å²) in [5.41, 5.74) is 1.27. The molecule has 2 N–H and O–H groups in total. The molecule has 1 atom stereocenters. The molecule has 0 spiro atoms.